The fourth-order valence-corrected chi connectivity index (χ4v) is 1.43. The summed E-state index contributed by atoms with van der Waals surface area (Å²) in [5.41, 5.74) is 5.51. The summed E-state index contributed by atoms with van der Waals surface area (Å²) in [5.74, 6) is 0.753. The van der Waals surface area contributed by atoms with Crippen LogP contribution in [0.3, 0.4) is 0 Å². The first-order chi connectivity index (χ1) is 6.47. The van der Waals surface area contributed by atoms with Crippen LogP contribution >= 0.6 is 12.2 Å². The van der Waals surface area contributed by atoms with Gasteiger partial charge in [-0.05, 0) is 19.8 Å². The van der Waals surface area contributed by atoms with E-state index in [1.807, 2.05) is 0 Å². The van der Waals surface area contributed by atoms with Crippen LogP contribution in [0.25, 0.3) is 0 Å². The first-order valence-electron chi connectivity index (χ1n) is 5.49. The van der Waals surface area contributed by atoms with Crippen LogP contribution in [0.1, 0.15) is 40.5 Å². The molecule has 0 radical (unpaired) electrons. The highest BCUT2D eigenvalue weighted by Gasteiger charge is 2.12. The highest BCUT2D eigenvalue weighted by molar-refractivity contribution is 7.80. The van der Waals surface area contributed by atoms with Crippen molar-refractivity contribution >= 4 is 17.2 Å². The Morgan fingerprint density at radius 3 is 2.29 bits per heavy atom. The Balaban J connectivity index is 3.95. The van der Waals surface area contributed by atoms with Crippen molar-refractivity contribution in [3.8, 4) is 0 Å². The molecule has 0 rings (SSSR count). The zero-order valence-electron chi connectivity index (χ0n) is 9.92. The van der Waals surface area contributed by atoms with E-state index in [4.69, 9.17) is 18.0 Å². The highest BCUT2D eigenvalue weighted by atomic mass is 32.1. The molecule has 0 fully saturated rings. The first-order valence-corrected chi connectivity index (χ1v) is 5.90. The molecule has 0 heterocycles. The summed E-state index contributed by atoms with van der Waals surface area (Å²) in [6, 6.07) is 0.582. The van der Waals surface area contributed by atoms with Gasteiger partial charge in [0.2, 0.25) is 0 Å². The zero-order chi connectivity index (χ0) is 11.1. The Bertz CT molecular complexity index is 169. The molecule has 1 atom stereocenters. The van der Waals surface area contributed by atoms with Crippen molar-refractivity contribution in [2.45, 2.75) is 46.6 Å². The van der Waals surface area contributed by atoms with Gasteiger partial charge in [0.15, 0.2) is 0 Å². The Labute approximate surface area is 93.8 Å². The predicted octanol–water partition coefficient (Wildman–Crippen LogP) is 2.42. The van der Waals surface area contributed by atoms with Gasteiger partial charge in [-0.15, -0.1) is 0 Å². The molecule has 0 aromatic carbocycles. The molecule has 0 saturated heterocycles. The quantitative estimate of drug-likeness (QED) is 0.663. The second-order valence-corrected chi connectivity index (χ2v) is 4.84. The predicted molar refractivity (Wildman–Crippen MR) is 67.6 cm³/mol. The maximum absolute atomic E-state index is 5.51. The minimum Gasteiger partial charge on any atom is -0.393 e. The van der Waals surface area contributed by atoms with Gasteiger partial charge in [-0.25, -0.2) is 0 Å². The van der Waals surface area contributed by atoms with E-state index < -0.39 is 0 Å². The highest BCUT2D eigenvalue weighted by Crippen LogP contribution is 2.08. The summed E-state index contributed by atoms with van der Waals surface area (Å²) in [4.78, 5) is 3.08. The van der Waals surface area contributed by atoms with Crippen LogP contribution in [-0.4, -0.2) is 29.0 Å². The van der Waals surface area contributed by atoms with Crippen LogP contribution in [0.15, 0.2) is 0 Å². The Morgan fingerprint density at radius 2 is 1.93 bits per heavy atom. The van der Waals surface area contributed by atoms with Crippen molar-refractivity contribution < 1.29 is 0 Å². The lowest BCUT2D eigenvalue weighted by atomic mass is 10.1. The Kier molecular flexibility index (Phi) is 7.11. The average molecular weight is 216 g/mol. The third-order valence-corrected chi connectivity index (χ3v) is 2.82. The molecule has 0 aromatic rings. The normalized spacial score (nSPS) is 13.6. The van der Waals surface area contributed by atoms with E-state index in [-0.39, 0.29) is 0 Å². The van der Waals surface area contributed by atoms with Gasteiger partial charge in [0.1, 0.15) is 0 Å². The van der Waals surface area contributed by atoms with Crippen molar-refractivity contribution in [3.63, 3.8) is 0 Å². The topological polar surface area (TPSA) is 29.3 Å². The van der Waals surface area contributed by atoms with Crippen LogP contribution in [0.5, 0.6) is 0 Å². The fourth-order valence-electron chi connectivity index (χ4n) is 1.34. The Hall–Kier alpha value is -0.150. The lowest BCUT2D eigenvalue weighted by molar-refractivity contribution is 0.196. The molecule has 3 heteroatoms. The van der Waals surface area contributed by atoms with Crippen LogP contribution in [0.4, 0.5) is 0 Å². The van der Waals surface area contributed by atoms with Gasteiger partial charge in [-0.2, -0.15) is 0 Å². The largest absolute Gasteiger partial charge is 0.393 e. The fraction of sp³-hybridized carbons (Fsp3) is 0.909. The second-order valence-electron chi connectivity index (χ2n) is 4.32. The van der Waals surface area contributed by atoms with E-state index in [1.165, 1.54) is 6.42 Å². The first kappa shape index (κ1) is 13.8. The van der Waals surface area contributed by atoms with Crippen LogP contribution in [0, 0.1) is 5.92 Å². The lowest BCUT2D eigenvalue weighted by Gasteiger charge is -2.28. The number of nitrogens with two attached hydrogens (primary N) is 1. The van der Waals surface area contributed by atoms with Crippen molar-refractivity contribution in [2.24, 2.45) is 11.7 Å². The van der Waals surface area contributed by atoms with Gasteiger partial charge in [-0.1, -0.05) is 32.5 Å². The van der Waals surface area contributed by atoms with Gasteiger partial charge in [0, 0.05) is 25.6 Å². The molecule has 0 amide bonds. The number of rotatable bonds is 7. The standard InChI is InChI=1S/C11H24N2S/c1-5-10(4)8-13(9(2)3)7-6-11(12)14/h9-10H,5-8H2,1-4H3,(H2,12,14). The van der Waals surface area contributed by atoms with Crippen molar-refractivity contribution in [3.05, 3.63) is 0 Å². The Morgan fingerprint density at radius 1 is 1.36 bits per heavy atom. The van der Waals surface area contributed by atoms with E-state index in [2.05, 4.69) is 32.6 Å². The summed E-state index contributed by atoms with van der Waals surface area (Å²) >= 11 is 4.89. The summed E-state index contributed by atoms with van der Waals surface area (Å²) in [6.45, 7) is 11.1. The minimum absolute atomic E-state index is 0.582. The maximum Gasteiger partial charge on any atom is 0.0740 e. The van der Waals surface area contributed by atoms with Crippen LogP contribution < -0.4 is 5.73 Å². The molecule has 0 bridgehead atoms. The number of hydrogen-bond acceptors (Lipinski definition) is 2. The van der Waals surface area contributed by atoms with E-state index in [0.29, 0.717) is 11.0 Å². The monoisotopic (exact) mass is 216 g/mol. The summed E-state index contributed by atoms with van der Waals surface area (Å²) in [7, 11) is 0. The number of thiocarbonyl (C=S) groups is 1. The van der Waals surface area contributed by atoms with Gasteiger partial charge in [0.25, 0.3) is 0 Å². The molecule has 0 aliphatic carbocycles. The van der Waals surface area contributed by atoms with Gasteiger partial charge < -0.3 is 10.6 Å². The summed E-state index contributed by atoms with van der Waals surface area (Å²) in [6.07, 6.45) is 2.07. The summed E-state index contributed by atoms with van der Waals surface area (Å²) in [5, 5.41) is 0. The molecule has 2 nitrogen and oxygen atoms in total. The maximum atomic E-state index is 5.51. The van der Waals surface area contributed by atoms with Crippen LogP contribution in [-0.2, 0) is 0 Å². The van der Waals surface area contributed by atoms with E-state index in [9.17, 15) is 0 Å². The molecule has 0 saturated carbocycles. The van der Waals surface area contributed by atoms with E-state index in [0.717, 1.165) is 25.4 Å². The molecule has 14 heavy (non-hydrogen) atoms. The van der Waals surface area contributed by atoms with E-state index >= 15 is 0 Å². The molecule has 0 spiro atoms. The van der Waals surface area contributed by atoms with E-state index in [1.54, 1.807) is 0 Å². The van der Waals surface area contributed by atoms with Gasteiger partial charge in [-0.3, -0.25) is 0 Å². The molecule has 2 N–H and O–H groups in total. The number of hydrogen-bond donors (Lipinski definition) is 1. The SMILES string of the molecule is CCC(C)CN(CCC(N)=S)C(C)C. The lowest BCUT2D eigenvalue weighted by Crippen LogP contribution is -2.36. The van der Waals surface area contributed by atoms with Crippen molar-refractivity contribution in [2.75, 3.05) is 13.1 Å². The van der Waals surface area contributed by atoms with Crippen molar-refractivity contribution in [1.82, 2.24) is 4.90 Å². The van der Waals surface area contributed by atoms with Crippen LogP contribution in [0.2, 0.25) is 0 Å². The van der Waals surface area contributed by atoms with Gasteiger partial charge in [0.05, 0.1) is 4.99 Å². The molecule has 0 aliphatic rings. The summed E-state index contributed by atoms with van der Waals surface area (Å²) < 4.78 is 0. The van der Waals surface area contributed by atoms with Gasteiger partial charge >= 0.3 is 0 Å². The number of nitrogens with zero attached hydrogens (tertiary/aromatic N) is 1. The second kappa shape index (κ2) is 7.18. The smallest absolute Gasteiger partial charge is 0.0740 e. The zero-order valence-corrected chi connectivity index (χ0v) is 10.7. The van der Waals surface area contributed by atoms with Crippen molar-refractivity contribution in [1.29, 1.82) is 0 Å². The molecular weight excluding hydrogens is 192 g/mol. The molecule has 84 valence electrons. The molecular formula is C11H24N2S. The minimum atomic E-state index is 0.582. The third-order valence-electron chi connectivity index (χ3n) is 2.62. The molecule has 0 aliphatic heterocycles. The molecule has 1 unspecified atom stereocenters. The average Bonchev–Trinajstić information content (AvgIpc) is 2.10. The third kappa shape index (κ3) is 6.33. The molecule has 0 aromatic heterocycles.